The molecule has 3 heteroatoms. The van der Waals surface area contributed by atoms with Crippen molar-refractivity contribution >= 4 is 12.0 Å². The Hall–Kier alpha value is -1.77. The highest BCUT2D eigenvalue weighted by Gasteiger charge is 1.97. The minimum absolute atomic E-state index is 0.163. The predicted octanol–water partition coefficient (Wildman–Crippen LogP) is 2.66. The van der Waals surface area contributed by atoms with Crippen LogP contribution in [0.3, 0.4) is 0 Å². The number of ether oxygens (including phenoxy) is 2. The smallest absolute Gasteiger partial charge is 0.330 e. The van der Waals surface area contributed by atoms with Gasteiger partial charge >= 0.3 is 5.97 Å². The van der Waals surface area contributed by atoms with Gasteiger partial charge in [0.1, 0.15) is 5.75 Å². The summed E-state index contributed by atoms with van der Waals surface area (Å²) < 4.78 is 10.00. The van der Waals surface area contributed by atoms with E-state index in [1.807, 2.05) is 38.1 Å². The lowest BCUT2D eigenvalue weighted by atomic mass is 10.2. The molecule has 0 aliphatic rings. The van der Waals surface area contributed by atoms with E-state index in [0.29, 0.717) is 0 Å². The number of esters is 1. The molecule has 0 heterocycles. The molecule has 1 aromatic rings. The van der Waals surface area contributed by atoms with Crippen LogP contribution in [-0.2, 0) is 9.53 Å². The van der Waals surface area contributed by atoms with Gasteiger partial charge in [-0.3, -0.25) is 0 Å². The molecule has 3 nitrogen and oxygen atoms in total. The molecule has 0 aliphatic heterocycles. The van der Waals surface area contributed by atoms with E-state index < -0.39 is 0 Å². The third-order valence-corrected chi connectivity index (χ3v) is 1.86. The van der Waals surface area contributed by atoms with Crippen molar-refractivity contribution in [2.45, 2.75) is 20.0 Å². The van der Waals surface area contributed by atoms with Crippen LogP contribution in [0.5, 0.6) is 5.75 Å². The van der Waals surface area contributed by atoms with Gasteiger partial charge in [0.05, 0.1) is 13.2 Å². The van der Waals surface area contributed by atoms with Gasteiger partial charge in [0.2, 0.25) is 0 Å². The Morgan fingerprint density at radius 1 is 1.25 bits per heavy atom. The van der Waals surface area contributed by atoms with Gasteiger partial charge in [-0.2, -0.15) is 0 Å². The lowest BCUT2D eigenvalue weighted by molar-refractivity contribution is -0.134. The summed E-state index contributed by atoms with van der Waals surface area (Å²) in [5.74, 6) is 0.465. The van der Waals surface area contributed by atoms with E-state index in [4.69, 9.17) is 4.74 Å². The van der Waals surface area contributed by atoms with E-state index in [2.05, 4.69) is 4.74 Å². The maximum absolute atomic E-state index is 10.9. The van der Waals surface area contributed by atoms with Gasteiger partial charge in [0.15, 0.2) is 0 Å². The maximum Gasteiger partial charge on any atom is 0.330 e. The molecule has 0 saturated heterocycles. The minimum atomic E-state index is -0.359. The van der Waals surface area contributed by atoms with Crippen molar-refractivity contribution in [1.29, 1.82) is 0 Å². The molecule has 0 aliphatic carbocycles. The first-order chi connectivity index (χ1) is 7.61. The largest absolute Gasteiger partial charge is 0.491 e. The Kier molecular flexibility index (Phi) is 4.58. The number of benzene rings is 1. The van der Waals surface area contributed by atoms with E-state index >= 15 is 0 Å². The van der Waals surface area contributed by atoms with Crippen molar-refractivity contribution in [2.24, 2.45) is 0 Å². The zero-order valence-electron chi connectivity index (χ0n) is 9.77. The quantitative estimate of drug-likeness (QED) is 0.578. The molecular formula is C13H16O3. The Morgan fingerprint density at radius 3 is 2.38 bits per heavy atom. The van der Waals surface area contributed by atoms with Crippen molar-refractivity contribution < 1.29 is 14.3 Å². The third kappa shape index (κ3) is 4.17. The molecule has 0 N–H and O–H groups in total. The molecule has 0 aromatic heterocycles. The fourth-order valence-electron chi connectivity index (χ4n) is 1.16. The monoisotopic (exact) mass is 220 g/mol. The zero-order chi connectivity index (χ0) is 12.0. The highest BCUT2D eigenvalue weighted by molar-refractivity contribution is 5.86. The second kappa shape index (κ2) is 5.95. The maximum atomic E-state index is 10.9. The van der Waals surface area contributed by atoms with E-state index in [1.54, 1.807) is 6.08 Å². The van der Waals surface area contributed by atoms with E-state index in [0.717, 1.165) is 11.3 Å². The minimum Gasteiger partial charge on any atom is -0.491 e. The van der Waals surface area contributed by atoms with E-state index in [9.17, 15) is 4.79 Å². The summed E-state index contributed by atoms with van der Waals surface area (Å²) in [5.41, 5.74) is 0.932. The molecule has 16 heavy (non-hydrogen) atoms. The van der Waals surface area contributed by atoms with Crippen LogP contribution in [0.15, 0.2) is 30.3 Å². The Morgan fingerprint density at radius 2 is 1.88 bits per heavy atom. The molecule has 0 unspecified atom stereocenters. The molecule has 0 spiro atoms. The van der Waals surface area contributed by atoms with Gasteiger partial charge in [0.25, 0.3) is 0 Å². The number of methoxy groups -OCH3 is 1. The van der Waals surface area contributed by atoms with Crippen LogP contribution in [-0.4, -0.2) is 19.2 Å². The normalized spacial score (nSPS) is 10.8. The molecule has 86 valence electrons. The molecule has 1 rings (SSSR count). The molecule has 0 radical (unpaired) electrons. The van der Waals surface area contributed by atoms with Crippen LogP contribution in [0, 0.1) is 0 Å². The second-order valence-electron chi connectivity index (χ2n) is 3.59. The van der Waals surface area contributed by atoms with E-state index in [-0.39, 0.29) is 12.1 Å². The van der Waals surface area contributed by atoms with Gasteiger partial charge in [-0.15, -0.1) is 0 Å². The summed E-state index contributed by atoms with van der Waals surface area (Å²) in [5, 5.41) is 0. The lowest BCUT2D eigenvalue weighted by Crippen LogP contribution is -2.05. The van der Waals surface area contributed by atoms with Crippen molar-refractivity contribution in [3.8, 4) is 5.75 Å². The number of carbonyl (C=O) groups excluding carboxylic acids is 1. The van der Waals surface area contributed by atoms with Crippen molar-refractivity contribution in [1.82, 2.24) is 0 Å². The van der Waals surface area contributed by atoms with Crippen molar-refractivity contribution in [3.63, 3.8) is 0 Å². The second-order valence-corrected chi connectivity index (χ2v) is 3.59. The fourth-order valence-corrected chi connectivity index (χ4v) is 1.16. The number of rotatable bonds is 4. The van der Waals surface area contributed by atoms with Crippen LogP contribution in [0.1, 0.15) is 19.4 Å². The standard InChI is InChI=1S/C13H16O3/c1-10(2)16-12-7-4-11(5-8-12)6-9-13(14)15-3/h4-10H,1-3H3. The first kappa shape index (κ1) is 12.3. The third-order valence-electron chi connectivity index (χ3n) is 1.86. The molecule has 0 saturated carbocycles. The number of hydrogen-bond donors (Lipinski definition) is 0. The summed E-state index contributed by atoms with van der Waals surface area (Å²) in [4.78, 5) is 10.9. The van der Waals surface area contributed by atoms with Crippen molar-refractivity contribution in [3.05, 3.63) is 35.9 Å². The molecule has 0 fully saturated rings. The van der Waals surface area contributed by atoms with Crippen LogP contribution in [0.25, 0.3) is 6.08 Å². The first-order valence-electron chi connectivity index (χ1n) is 5.14. The van der Waals surface area contributed by atoms with Crippen LogP contribution < -0.4 is 4.74 Å². The zero-order valence-corrected chi connectivity index (χ0v) is 9.77. The molecule has 0 atom stereocenters. The van der Waals surface area contributed by atoms with Gasteiger partial charge in [-0.1, -0.05) is 12.1 Å². The van der Waals surface area contributed by atoms with Gasteiger partial charge in [-0.05, 0) is 37.6 Å². The average molecular weight is 220 g/mol. The lowest BCUT2D eigenvalue weighted by Gasteiger charge is -2.09. The van der Waals surface area contributed by atoms with Crippen LogP contribution in [0.4, 0.5) is 0 Å². The first-order valence-corrected chi connectivity index (χ1v) is 5.14. The van der Waals surface area contributed by atoms with Gasteiger partial charge in [-0.25, -0.2) is 4.79 Å². The molecule has 1 aromatic carbocycles. The summed E-state index contributed by atoms with van der Waals surface area (Å²) in [7, 11) is 1.35. The van der Waals surface area contributed by atoms with Crippen LogP contribution in [0.2, 0.25) is 0 Å². The van der Waals surface area contributed by atoms with Gasteiger partial charge in [0, 0.05) is 6.08 Å². The molecule has 0 bridgehead atoms. The summed E-state index contributed by atoms with van der Waals surface area (Å²) in [6.07, 6.45) is 3.25. The fraction of sp³-hybridized carbons (Fsp3) is 0.308. The Bertz CT molecular complexity index is 363. The number of hydrogen-bond acceptors (Lipinski definition) is 3. The molecular weight excluding hydrogens is 204 g/mol. The predicted molar refractivity (Wildman–Crippen MR) is 63.3 cm³/mol. The van der Waals surface area contributed by atoms with Gasteiger partial charge < -0.3 is 9.47 Å². The van der Waals surface area contributed by atoms with E-state index in [1.165, 1.54) is 13.2 Å². The topological polar surface area (TPSA) is 35.5 Å². The summed E-state index contributed by atoms with van der Waals surface area (Å²) in [6, 6.07) is 7.52. The summed E-state index contributed by atoms with van der Waals surface area (Å²) in [6.45, 7) is 3.95. The molecule has 0 amide bonds. The van der Waals surface area contributed by atoms with Crippen molar-refractivity contribution in [2.75, 3.05) is 7.11 Å². The Labute approximate surface area is 95.7 Å². The highest BCUT2D eigenvalue weighted by atomic mass is 16.5. The Balaban J connectivity index is 2.64. The average Bonchev–Trinajstić information content (AvgIpc) is 2.27. The SMILES string of the molecule is COC(=O)C=Cc1ccc(OC(C)C)cc1. The van der Waals surface area contributed by atoms with Crippen LogP contribution >= 0.6 is 0 Å². The summed E-state index contributed by atoms with van der Waals surface area (Å²) >= 11 is 0. The number of carbonyl (C=O) groups is 1. The highest BCUT2D eigenvalue weighted by Crippen LogP contribution is 2.14.